The molecule has 3 aromatic carbocycles. The molecule has 1 unspecified atom stereocenters. The van der Waals surface area contributed by atoms with Gasteiger partial charge in [0.2, 0.25) is 21.1 Å². The Balaban J connectivity index is 1.56. The first kappa shape index (κ1) is 24.1. The fourth-order valence-electron chi connectivity index (χ4n) is 3.20. The van der Waals surface area contributed by atoms with Crippen molar-refractivity contribution in [2.75, 3.05) is 5.32 Å². The number of non-ortho nitro benzene ring substituents is 1. The van der Waals surface area contributed by atoms with Gasteiger partial charge in [-0.25, -0.2) is 8.42 Å². The molecule has 1 atom stereocenters. The van der Waals surface area contributed by atoms with Gasteiger partial charge in [0, 0.05) is 17.7 Å². The number of aromatic nitrogens is 2. The molecule has 35 heavy (non-hydrogen) atoms. The lowest BCUT2D eigenvalue weighted by atomic mass is 10.1. The summed E-state index contributed by atoms with van der Waals surface area (Å²) in [7, 11) is -4.16. The number of amides is 1. The number of nitrogens with one attached hydrogen (secondary N) is 2. The summed E-state index contributed by atoms with van der Waals surface area (Å²) in [5.74, 6) is -0.616. The SMILES string of the molecule is O=C(Nc1nnc(-c2ccccc2)s1)C(Cc1ccccc1)NS(=O)(=O)c1ccc([N+](=O)[O-])cc1. The van der Waals surface area contributed by atoms with Crippen molar-refractivity contribution in [3.8, 4) is 10.6 Å². The minimum atomic E-state index is -4.16. The van der Waals surface area contributed by atoms with E-state index in [9.17, 15) is 23.3 Å². The molecule has 1 heterocycles. The second kappa shape index (κ2) is 10.5. The molecule has 0 bridgehead atoms. The van der Waals surface area contributed by atoms with Gasteiger partial charge in [-0.15, -0.1) is 10.2 Å². The van der Waals surface area contributed by atoms with Gasteiger partial charge in [0.1, 0.15) is 11.0 Å². The number of sulfonamides is 1. The van der Waals surface area contributed by atoms with Crippen LogP contribution in [-0.4, -0.2) is 35.5 Å². The van der Waals surface area contributed by atoms with Crippen molar-refractivity contribution >= 4 is 38.1 Å². The Kier molecular flexibility index (Phi) is 7.25. The number of carbonyl (C=O) groups excluding carboxylic acids is 1. The highest BCUT2D eigenvalue weighted by atomic mass is 32.2. The van der Waals surface area contributed by atoms with Crippen LogP contribution in [0.15, 0.2) is 89.8 Å². The molecule has 4 rings (SSSR count). The zero-order valence-electron chi connectivity index (χ0n) is 18.1. The predicted molar refractivity (Wildman–Crippen MR) is 131 cm³/mol. The molecule has 12 heteroatoms. The van der Waals surface area contributed by atoms with Gasteiger partial charge in [-0.3, -0.25) is 20.2 Å². The fourth-order valence-corrected chi connectivity index (χ4v) is 5.15. The fraction of sp³-hybridized carbons (Fsp3) is 0.0870. The van der Waals surface area contributed by atoms with Crippen molar-refractivity contribution in [1.82, 2.24) is 14.9 Å². The zero-order valence-corrected chi connectivity index (χ0v) is 19.7. The zero-order chi connectivity index (χ0) is 24.8. The molecule has 0 saturated heterocycles. The summed E-state index contributed by atoms with van der Waals surface area (Å²) < 4.78 is 28.4. The number of rotatable bonds is 9. The maximum atomic E-state index is 13.1. The van der Waals surface area contributed by atoms with Gasteiger partial charge in [0.05, 0.1) is 9.82 Å². The minimum Gasteiger partial charge on any atom is -0.299 e. The van der Waals surface area contributed by atoms with Crippen LogP contribution in [0.1, 0.15) is 5.56 Å². The Labute approximate surface area is 204 Å². The average molecular weight is 510 g/mol. The van der Waals surface area contributed by atoms with Crippen LogP contribution in [0.5, 0.6) is 0 Å². The molecule has 0 aliphatic heterocycles. The summed E-state index contributed by atoms with van der Waals surface area (Å²) in [6.45, 7) is 0. The molecule has 10 nitrogen and oxygen atoms in total. The van der Waals surface area contributed by atoms with Gasteiger partial charge in [0.15, 0.2) is 0 Å². The highest BCUT2D eigenvalue weighted by molar-refractivity contribution is 7.89. The highest BCUT2D eigenvalue weighted by Gasteiger charge is 2.27. The molecule has 1 amide bonds. The van der Waals surface area contributed by atoms with E-state index in [1.165, 1.54) is 0 Å². The molecule has 0 saturated carbocycles. The molecule has 1 aromatic heterocycles. The second-order valence-electron chi connectivity index (χ2n) is 7.38. The third kappa shape index (κ3) is 6.12. The average Bonchev–Trinajstić information content (AvgIpc) is 3.33. The van der Waals surface area contributed by atoms with Crippen LogP contribution in [-0.2, 0) is 21.2 Å². The second-order valence-corrected chi connectivity index (χ2v) is 10.1. The van der Waals surface area contributed by atoms with E-state index in [2.05, 4.69) is 20.2 Å². The van der Waals surface area contributed by atoms with E-state index < -0.39 is 26.9 Å². The summed E-state index contributed by atoms with van der Waals surface area (Å²) in [6.07, 6.45) is 0.0726. The number of benzene rings is 3. The van der Waals surface area contributed by atoms with Crippen LogP contribution < -0.4 is 10.0 Å². The smallest absolute Gasteiger partial charge is 0.269 e. The Bertz CT molecular complexity index is 1430. The summed E-state index contributed by atoms with van der Waals surface area (Å²) in [4.78, 5) is 23.2. The predicted octanol–water partition coefficient (Wildman–Crippen LogP) is 3.64. The Morgan fingerprint density at radius 2 is 1.57 bits per heavy atom. The Morgan fingerprint density at radius 1 is 0.943 bits per heavy atom. The van der Waals surface area contributed by atoms with Crippen LogP contribution >= 0.6 is 11.3 Å². The maximum Gasteiger partial charge on any atom is 0.269 e. The van der Waals surface area contributed by atoms with E-state index >= 15 is 0 Å². The van der Waals surface area contributed by atoms with Gasteiger partial charge >= 0.3 is 0 Å². The van der Waals surface area contributed by atoms with Crippen molar-refractivity contribution in [3.05, 3.63) is 101 Å². The van der Waals surface area contributed by atoms with Crippen molar-refractivity contribution in [2.24, 2.45) is 0 Å². The molecule has 0 radical (unpaired) electrons. The number of carbonyl (C=O) groups is 1. The first-order chi connectivity index (χ1) is 16.8. The van der Waals surface area contributed by atoms with Crippen LogP contribution in [0.2, 0.25) is 0 Å². The molecule has 0 spiro atoms. The number of hydrogen-bond donors (Lipinski definition) is 2. The summed E-state index contributed by atoms with van der Waals surface area (Å²) in [5, 5.41) is 22.4. The van der Waals surface area contributed by atoms with Gasteiger partial charge in [-0.1, -0.05) is 72.0 Å². The van der Waals surface area contributed by atoms with Crippen LogP contribution in [0.25, 0.3) is 10.6 Å². The summed E-state index contributed by atoms with van der Waals surface area (Å²) >= 11 is 1.16. The van der Waals surface area contributed by atoms with E-state index in [0.29, 0.717) is 5.01 Å². The molecule has 2 N–H and O–H groups in total. The maximum absolute atomic E-state index is 13.1. The van der Waals surface area contributed by atoms with E-state index in [-0.39, 0.29) is 22.1 Å². The molecule has 0 aliphatic rings. The van der Waals surface area contributed by atoms with Crippen molar-refractivity contribution in [2.45, 2.75) is 17.4 Å². The normalized spacial score (nSPS) is 12.1. The lowest BCUT2D eigenvalue weighted by molar-refractivity contribution is -0.384. The summed E-state index contributed by atoms with van der Waals surface area (Å²) in [5.41, 5.74) is 1.33. The lowest BCUT2D eigenvalue weighted by Gasteiger charge is -2.18. The number of hydrogen-bond acceptors (Lipinski definition) is 8. The number of nitro benzene ring substituents is 1. The topological polar surface area (TPSA) is 144 Å². The molecule has 0 aliphatic carbocycles. The van der Waals surface area contributed by atoms with Crippen molar-refractivity contribution in [1.29, 1.82) is 0 Å². The minimum absolute atomic E-state index is 0.0726. The third-order valence-electron chi connectivity index (χ3n) is 4.93. The lowest BCUT2D eigenvalue weighted by Crippen LogP contribution is -2.45. The van der Waals surface area contributed by atoms with Crippen LogP contribution in [0.3, 0.4) is 0 Å². The van der Waals surface area contributed by atoms with Gasteiger partial charge in [-0.2, -0.15) is 4.72 Å². The third-order valence-corrected chi connectivity index (χ3v) is 7.31. The van der Waals surface area contributed by atoms with Gasteiger partial charge in [-0.05, 0) is 24.1 Å². The van der Waals surface area contributed by atoms with E-state index in [1.54, 1.807) is 24.3 Å². The van der Waals surface area contributed by atoms with E-state index in [4.69, 9.17) is 0 Å². The van der Waals surface area contributed by atoms with E-state index in [0.717, 1.165) is 46.7 Å². The number of nitrogens with zero attached hydrogens (tertiary/aromatic N) is 3. The number of nitro groups is 1. The Morgan fingerprint density at radius 3 is 2.20 bits per heavy atom. The van der Waals surface area contributed by atoms with Gasteiger partial charge < -0.3 is 0 Å². The summed E-state index contributed by atoms with van der Waals surface area (Å²) in [6, 6.07) is 21.5. The molecule has 0 fully saturated rings. The Hall–Kier alpha value is -4.00. The van der Waals surface area contributed by atoms with Crippen molar-refractivity contribution < 1.29 is 18.1 Å². The first-order valence-corrected chi connectivity index (χ1v) is 12.6. The largest absolute Gasteiger partial charge is 0.299 e. The van der Waals surface area contributed by atoms with Crippen molar-refractivity contribution in [3.63, 3.8) is 0 Å². The molecule has 4 aromatic rings. The highest BCUT2D eigenvalue weighted by Crippen LogP contribution is 2.26. The van der Waals surface area contributed by atoms with Crippen LogP contribution in [0, 0.1) is 10.1 Å². The number of anilines is 1. The van der Waals surface area contributed by atoms with Gasteiger partial charge in [0.25, 0.3) is 5.69 Å². The first-order valence-electron chi connectivity index (χ1n) is 10.3. The molecular formula is C23H19N5O5S2. The van der Waals surface area contributed by atoms with E-state index in [1.807, 2.05) is 36.4 Å². The molecular weight excluding hydrogens is 490 g/mol. The monoisotopic (exact) mass is 509 g/mol. The standard InChI is InChI=1S/C23H19N5O5S2/c29-21(24-23-26-25-22(34-23)17-9-5-2-6-10-17)20(15-16-7-3-1-4-8-16)27-35(32,33)19-13-11-18(12-14-19)28(30)31/h1-14,20,27H,15H2,(H,24,26,29). The molecule has 178 valence electrons. The quantitative estimate of drug-likeness (QED) is 0.259. The van der Waals surface area contributed by atoms with Crippen LogP contribution in [0.4, 0.5) is 10.8 Å².